The first-order valence-electron chi connectivity index (χ1n) is 3.34. The Labute approximate surface area is 65.3 Å². The zero-order valence-electron chi connectivity index (χ0n) is 6.37. The third-order valence-electron chi connectivity index (χ3n) is 1.48. The largest absolute Gasteiger partial charge is 0.870 e. The Morgan fingerprint density at radius 1 is 1.27 bits per heavy atom. The molecule has 2 N–H and O–H groups in total. The minimum Gasteiger partial charge on any atom is -0.870 e. The topological polar surface area (TPSA) is 61.0 Å². The standard InChI is InChI=1S/C8H9NO.H2O/c1-2-7-3-5-8(9-10)6-4-7;/h3-6H,2H2,1H3;1H2. The van der Waals surface area contributed by atoms with Crippen molar-refractivity contribution in [2.45, 2.75) is 13.3 Å². The van der Waals surface area contributed by atoms with Crippen LogP contribution in [-0.4, -0.2) is 5.48 Å². The van der Waals surface area contributed by atoms with Crippen LogP contribution in [0.1, 0.15) is 12.5 Å². The third kappa shape index (κ3) is 2.47. The maximum Gasteiger partial charge on any atom is 0.253 e. The van der Waals surface area contributed by atoms with Crippen molar-refractivity contribution >= 4 is 5.69 Å². The minimum absolute atomic E-state index is 0. The van der Waals surface area contributed by atoms with Gasteiger partial charge in [0.05, 0.1) is 0 Å². The van der Waals surface area contributed by atoms with Gasteiger partial charge >= 0.3 is 0 Å². The van der Waals surface area contributed by atoms with Gasteiger partial charge in [-0.2, -0.15) is 0 Å². The first kappa shape index (κ1) is 9.78. The molecule has 0 aliphatic rings. The van der Waals surface area contributed by atoms with Crippen LogP contribution in [0.15, 0.2) is 24.3 Å². The van der Waals surface area contributed by atoms with E-state index >= 15 is 0 Å². The Balaban J connectivity index is 0.000001000. The summed E-state index contributed by atoms with van der Waals surface area (Å²) in [6.07, 6.45) is 1.01. The molecule has 0 fully saturated rings. The average Bonchev–Trinajstić information content (AvgIpc) is 2.05. The third-order valence-corrected chi connectivity index (χ3v) is 1.48. The van der Waals surface area contributed by atoms with Crippen LogP contribution in [0.2, 0.25) is 0 Å². The van der Waals surface area contributed by atoms with E-state index in [0.717, 1.165) is 6.42 Å². The molecule has 0 radical (unpaired) electrons. The quantitative estimate of drug-likeness (QED) is 0.674. The van der Waals surface area contributed by atoms with E-state index in [0.29, 0.717) is 5.69 Å². The van der Waals surface area contributed by atoms with Gasteiger partial charge in [0, 0.05) is 22.2 Å². The second-order valence-electron chi connectivity index (χ2n) is 2.15. The normalized spacial score (nSPS) is 8.45. The van der Waals surface area contributed by atoms with Gasteiger partial charge in [0.25, 0.3) is 5.69 Å². The van der Waals surface area contributed by atoms with Gasteiger partial charge in [0.15, 0.2) is 0 Å². The molecule has 0 bridgehead atoms. The molecule has 1 aromatic rings. The molecule has 60 valence electrons. The summed E-state index contributed by atoms with van der Waals surface area (Å²) in [5, 5.41) is 1.83. The van der Waals surface area contributed by atoms with Crippen LogP contribution in [0.4, 0.5) is 5.69 Å². The van der Waals surface area contributed by atoms with Crippen LogP contribution in [0.3, 0.4) is 0 Å². The first-order valence-corrected chi connectivity index (χ1v) is 3.34. The van der Waals surface area contributed by atoms with E-state index in [4.69, 9.17) is 0 Å². The lowest BCUT2D eigenvalue weighted by Gasteiger charge is -1.90. The molecule has 0 aliphatic carbocycles. The lowest BCUT2D eigenvalue weighted by Crippen LogP contribution is -2.55. The molecule has 0 aliphatic heterocycles. The molecule has 1 aromatic carbocycles. The number of nitroso groups, excluding NO2 is 1. The highest BCUT2D eigenvalue weighted by molar-refractivity contribution is 5.31. The predicted octanol–water partition coefficient (Wildman–Crippen LogP) is 0.551. The lowest BCUT2D eigenvalue weighted by atomic mass is 10.2. The molecule has 11 heavy (non-hydrogen) atoms. The lowest BCUT2D eigenvalue weighted by molar-refractivity contribution is -0.379. The van der Waals surface area contributed by atoms with Crippen molar-refractivity contribution < 1.29 is 10.7 Å². The summed E-state index contributed by atoms with van der Waals surface area (Å²) in [6.45, 7) is 2.08. The van der Waals surface area contributed by atoms with Crippen molar-refractivity contribution in [2.75, 3.05) is 0 Å². The van der Waals surface area contributed by atoms with Gasteiger partial charge in [0.1, 0.15) is 0 Å². The maximum atomic E-state index is 10.1. The highest BCUT2D eigenvalue weighted by Gasteiger charge is 1.94. The van der Waals surface area contributed by atoms with E-state index in [2.05, 4.69) is 6.92 Å². The van der Waals surface area contributed by atoms with Crippen molar-refractivity contribution in [3.8, 4) is 0 Å². The van der Waals surface area contributed by atoms with Gasteiger partial charge in [-0.05, 0) is 12.0 Å². The summed E-state index contributed by atoms with van der Waals surface area (Å²) < 4.78 is 0. The van der Waals surface area contributed by atoms with Gasteiger partial charge in [-0.3, -0.25) is 0 Å². The summed E-state index contributed by atoms with van der Waals surface area (Å²) in [7, 11) is 0. The Kier molecular flexibility index (Phi) is 4.07. The molecule has 1 rings (SSSR count). The van der Waals surface area contributed by atoms with Crippen LogP contribution < -0.4 is 5.18 Å². The highest BCUT2D eigenvalue weighted by atomic mass is 16.3. The van der Waals surface area contributed by atoms with Crippen LogP contribution in [-0.2, 0) is 6.42 Å². The Hall–Kier alpha value is -1.22. The van der Waals surface area contributed by atoms with Crippen LogP contribution in [0.25, 0.3) is 0 Å². The van der Waals surface area contributed by atoms with Gasteiger partial charge in [-0.25, -0.2) is 0 Å². The molecule has 0 spiro atoms. The number of nitrogens with one attached hydrogen (secondary N) is 1. The smallest absolute Gasteiger partial charge is 0.253 e. The van der Waals surface area contributed by atoms with E-state index in [1.165, 1.54) is 5.56 Å². The number of hydrogen-bond acceptors (Lipinski definition) is 2. The van der Waals surface area contributed by atoms with Crippen molar-refractivity contribution in [1.82, 2.24) is 0 Å². The van der Waals surface area contributed by atoms with E-state index in [-0.39, 0.29) is 5.48 Å². The monoisotopic (exact) mass is 153 g/mol. The number of benzene rings is 1. The highest BCUT2D eigenvalue weighted by Crippen LogP contribution is 2.03. The SMILES string of the molecule is CCc1ccc([NH+]=O)cc1.[OH-]. The van der Waals surface area contributed by atoms with Crippen molar-refractivity contribution in [3.63, 3.8) is 0 Å². The first-order chi connectivity index (χ1) is 4.86. The predicted molar refractivity (Wildman–Crippen MR) is 41.7 cm³/mol. The Morgan fingerprint density at radius 2 is 1.82 bits per heavy atom. The molecular weight excluding hydrogens is 142 g/mol. The van der Waals surface area contributed by atoms with E-state index in [1.54, 1.807) is 12.1 Å². The van der Waals surface area contributed by atoms with E-state index in [9.17, 15) is 4.91 Å². The molecule has 0 saturated carbocycles. The molecular formula is C8H11NO2. The Bertz CT molecular complexity index is 218. The Morgan fingerprint density at radius 3 is 2.18 bits per heavy atom. The number of rotatable bonds is 2. The van der Waals surface area contributed by atoms with Crippen LogP contribution in [0.5, 0.6) is 0 Å². The zero-order valence-corrected chi connectivity index (χ0v) is 6.37. The molecule has 0 saturated heterocycles. The van der Waals surface area contributed by atoms with E-state index in [1.807, 2.05) is 17.3 Å². The van der Waals surface area contributed by atoms with Gasteiger partial charge in [-0.1, -0.05) is 19.1 Å². The molecule has 0 amide bonds. The molecule has 0 heterocycles. The van der Waals surface area contributed by atoms with Gasteiger partial charge in [0.2, 0.25) is 0 Å². The van der Waals surface area contributed by atoms with Crippen molar-refractivity contribution in [3.05, 3.63) is 34.7 Å². The number of hydrogen-bond donors (Lipinski definition) is 1. The molecule has 0 aromatic heterocycles. The molecule has 3 heteroatoms. The maximum absolute atomic E-state index is 10.1. The zero-order chi connectivity index (χ0) is 7.40. The van der Waals surface area contributed by atoms with Crippen molar-refractivity contribution in [2.24, 2.45) is 0 Å². The van der Waals surface area contributed by atoms with Crippen molar-refractivity contribution in [1.29, 1.82) is 0 Å². The molecule has 0 unspecified atom stereocenters. The second-order valence-corrected chi connectivity index (χ2v) is 2.15. The van der Waals surface area contributed by atoms with Gasteiger partial charge < -0.3 is 5.48 Å². The number of aryl methyl sites for hydroxylation is 1. The second kappa shape index (κ2) is 4.57. The fraction of sp³-hybridized carbons (Fsp3) is 0.250. The van der Waals surface area contributed by atoms with E-state index < -0.39 is 0 Å². The minimum atomic E-state index is 0. The summed E-state index contributed by atoms with van der Waals surface area (Å²) >= 11 is 0. The summed E-state index contributed by atoms with van der Waals surface area (Å²) in [6, 6.07) is 7.46. The average molecular weight is 153 g/mol. The fourth-order valence-electron chi connectivity index (χ4n) is 0.808. The van der Waals surface area contributed by atoms with Gasteiger partial charge in [-0.15, -0.1) is 0 Å². The summed E-state index contributed by atoms with van der Waals surface area (Å²) in [5.41, 5.74) is 1.87. The summed E-state index contributed by atoms with van der Waals surface area (Å²) in [4.78, 5) is 10.1. The summed E-state index contributed by atoms with van der Waals surface area (Å²) in [5.74, 6) is 0. The molecule has 0 atom stereocenters. The fourth-order valence-corrected chi connectivity index (χ4v) is 0.808. The molecule has 3 nitrogen and oxygen atoms in total. The van der Waals surface area contributed by atoms with Crippen LogP contribution >= 0.6 is 0 Å². The van der Waals surface area contributed by atoms with Crippen LogP contribution in [0, 0.1) is 4.91 Å².